The van der Waals surface area contributed by atoms with Gasteiger partial charge in [-0.2, -0.15) is 0 Å². The Balaban J connectivity index is 0.000000102. The van der Waals surface area contributed by atoms with Gasteiger partial charge in [0.2, 0.25) is 0 Å². The summed E-state index contributed by atoms with van der Waals surface area (Å²) in [7, 11) is 0. The lowest BCUT2D eigenvalue weighted by atomic mass is 9.56. The summed E-state index contributed by atoms with van der Waals surface area (Å²) < 4.78 is 0. The Hall–Kier alpha value is -1.30. The summed E-state index contributed by atoms with van der Waals surface area (Å²) in [5.74, 6) is 29.6. The summed E-state index contributed by atoms with van der Waals surface area (Å²) in [6.45, 7) is 22.3. The molecule has 13 saturated carbocycles. The van der Waals surface area contributed by atoms with Gasteiger partial charge < -0.3 is 0 Å². The van der Waals surface area contributed by atoms with Crippen LogP contribution in [0.2, 0.25) is 0 Å². The lowest BCUT2D eigenvalue weighted by Crippen LogP contribution is -2.40. The van der Waals surface area contributed by atoms with Crippen LogP contribution in [0.1, 0.15) is 283 Å². The van der Waals surface area contributed by atoms with Gasteiger partial charge in [-0.3, -0.25) is 0 Å². The van der Waals surface area contributed by atoms with Crippen molar-refractivity contribution in [3.63, 3.8) is 0 Å². The van der Waals surface area contributed by atoms with Crippen molar-refractivity contribution in [2.75, 3.05) is 0 Å². The molecule has 27 atom stereocenters. The van der Waals surface area contributed by atoms with E-state index < -0.39 is 0 Å². The van der Waals surface area contributed by atoms with Gasteiger partial charge in [-0.1, -0.05) is 182 Å². The zero-order valence-corrected chi connectivity index (χ0v) is 54.6. The van der Waals surface area contributed by atoms with Gasteiger partial charge in [-0.15, -0.1) is 0 Å². The first-order valence-corrected chi connectivity index (χ1v) is 38.0. The molecule has 0 heterocycles. The van der Waals surface area contributed by atoms with Crippen LogP contribution < -0.4 is 0 Å². The first kappa shape index (κ1) is 58.7. The summed E-state index contributed by atoms with van der Waals surface area (Å²) in [4.78, 5) is 0. The highest BCUT2D eigenvalue weighted by atomic mass is 14.6. The first-order valence-electron chi connectivity index (χ1n) is 38.0. The van der Waals surface area contributed by atoms with Gasteiger partial charge in [0.1, 0.15) is 0 Å². The fourth-order valence-corrected chi connectivity index (χ4v) is 26.8. The highest BCUT2D eigenvalue weighted by molar-refractivity contribution is 5.88. The van der Waals surface area contributed by atoms with E-state index in [1.54, 1.807) is 159 Å². The molecule has 0 radical (unpaired) electrons. The Kier molecular flexibility index (Phi) is 18.4. The van der Waals surface area contributed by atoms with Crippen molar-refractivity contribution in [2.45, 2.75) is 287 Å². The molecule has 0 nitrogen and oxygen atoms in total. The van der Waals surface area contributed by atoms with Crippen LogP contribution in [0, 0.1) is 167 Å². The van der Waals surface area contributed by atoms with Gasteiger partial charge in [-0.05, 0) is 322 Å². The standard InChI is InChI=1S/C21H36.C21H26.C20H34.C19H32/c1-4-15-9-10-18-19(13(15)2)12-20-14(3)17-8-6-5-7-16(17)11-21(18)20;1-3-15-8-9-18-12-19-10-16-6-4-5-7-17(16)11-20(19)13-21(18)14(15)2;1-3-14-8-19-11-17-9-15-6-4-5-7-16(15)10-18(17)12-20(19)13(14)2;1-3-13-9-19-17(12(13)2)11-16-8-14-6-4-5-7-15(14)10-18(16)19/h13-21H,4-12H2,1-3H3;8-9,12-13,16-17H,3-7,10-11H2,1-2H3;13-20H,3-12H2,1-2H3;12-19H,3-11H2,1-2H3/t13?,14?,15?,16-,17?,18?,19?,20?,21?;16-,17?;13?,14?,15-,16?,17?,18?,19?,20?;12?,13?,14?,15-,16?,17?,18?,19?/m1111/s1. The van der Waals surface area contributed by atoms with Crippen LogP contribution in [0.5, 0.6) is 0 Å². The summed E-state index contributed by atoms with van der Waals surface area (Å²) >= 11 is 0. The lowest BCUT2D eigenvalue weighted by molar-refractivity contribution is 0.0106. The highest BCUT2D eigenvalue weighted by Crippen LogP contribution is 2.65. The van der Waals surface area contributed by atoms with E-state index in [0.29, 0.717) is 0 Å². The molecule has 0 amide bonds. The van der Waals surface area contributed by atoms with Crippen LogP contribution in [0.4, 0.5) is 0 Å². The monoisotopic (exact) mass is 1100 g/mol. The third-order valence-electron chi connectivity index (χ3n) is 31.4. The van der Waals surface area contributed by atoms with E-state index in [1.807, 2.05) is 0 Å². The predicted octanol–water partition coefficient (Wildman–Crippen LogP) is 23.2. The molecule has 23 unspecified atom stereocenters. The number of rotatable bonds is 4. The molecule has 13 fully saturated rings. The van der Waals surface area contributed by atoms with Crippen molar-refractivity contribution < 1.29 is 0 Å². The summed E-state index contributed by atoms with van der Waals surface area (Å²) in [5.41, 5.74) is 6.31. The SMILES string of the molecule is CCC1CC2C3C[C@H]4CCCCC4CC3CC2C1C.CCC1CC2CC3C[C@H]4CCCCC4CC3CC2C1C.CCC1CCC2C(CC3C(C)C4CCCC[C@@H]4CC32)C1C.CCc1ccc2cc3c(cc2c1C)CC1CCCC[C@@H]1C3. The van der Waals surface area contributed by atoms with Gasteiger partial charge in [0.05, 0.1) is 0 Å². The van der Waals surface area contributed by atoms with Crippen molar-refractivity contribution >= 4 is 10.8 Å². The quantitative estimate of drug-likeness (QED) is 0.286. The summed E-state index contributed by atoms with van der Waals surface area (Å²) in [6.07, 6.45) is 53.6. The maximum absolute atomic E-state index is 2.65. The number of hydrogen-bond donors (Lipinski definition) is 0. The van der Waals surface area contributed by atoms with Crippen LogP contribution in [-0.2, 0) is 19.3 Å². The average Bonchev–Trinajstić information content (AvgIpc) is 4.42. The van der Waals surface area contributed by atoms with E-state index in [0.717, 1.165) is 166 Å². The van der Waals surface area contributed by atoms with E-state index in [9.17, 15) is 0 Å². The van der Waals surface area contributed by atoms with Crippen molar-refractivity contribution in [3.8, 4) is 0 Å². The third-order valence-corrected chi connectivity index (χ3v) is 31.4. The van der Waals surface area contributed by atoms with Gasteiger partial charge in [0.25, 0.3) is 0 Å². The minimum atomic E-state index is 0.971. The van der Waals surface area contributed by atoms with Crippen LogP contribution in [0.15, 0.2) is 24.3 Å². The van der Waals surface area contributed by atoms with E-state index >= 15 is 0 Å². The Morgan fingerprint density at radius 3 is 1.43 bits per heavy atom. The van der Waals surface area contributed by atoms with E-state index in [4.69, 9.17) is 0 Å². The van der Waals surface area contributed by atoms with E-state index in [2.05, 4.69) is 86.6 Å². The Labute approximate surface area is 501 Å². The predicted molar refractivity (Wildman–Crippen MR) is 347 cm³/mol. The molecule has 0 saturated heterocycles. The molecule has 0 heteroatoms. The second-order valence-electron chi connectivity index (χ2n) is 34.0. The average molecular weight is 1100 g/mol. The maximum Gasteiger partial charge on any atom is -0.0149 e. The number of benzene rings is 2. The molecule has 14 aliphatic rings. The minimum absolute atomic E-state index is 0.971. The molecular formula is C81H128. The van der Waals surface area contributed by atoms with E-state index in [-0.39, 0.29) is 0 Å². The minimum Gasteiger partial charge on any atom is -0.0651 e. The molecule has 0 aliphatic heterocycles. The topological polar surface area (TPSA) is 0 Å². The number of hydrogen-bond acceptors (Lipinski definition) is 0. The van der Waals surface area contributed by atoms with Crippen LogP contribution in [-0.4, -0.2) is 0 Å². The maximum atomic E-state index is 2.65. The van der Waals surface area contributed by atoms with Crippen molar-refractivity contribution in [1.29, 1.82) is 0 Å². The third kappa shape index (κ3) is 11.5. The van der Waals surface area contributed by atoms with Crippen molar-refractivity contribution in [1.82, 2.24) is 0 Å². The lowest BCUT2D eigenvalue weighted by Gasteiger charge is -2.49. The fraction of sp³-hybridized carbons (Fsp3) is 0.877. The number of fused-ring (bicyclic) bond motifs is 14. The number of aryl methyl sites for hydroxylation is 2. The first-order chi connectivity index (χ1) is 39.5. The molecule has 0 bridgehead atoms. The normalized spacial score (nSPS) is 47.8. The molecule has 0 aromatic heterocycles. The van der Waals surface area contributed by atoms with Crippen molar-refractivity contribution in [3.05, 3.63) is 46.5 Å². The molecule has 2 aromatic carbocycles. The molecular weight excluding hydrogens is 973 g/mol. The van der Waals surface area contributed by atoms with Gasteiger partial charge in [0.15, 0.2) is 0 Å². The van der Waals surface area contributed by atoms with E-state index in [1.165, 1.54) is 92.5 Å². The largest absolute Gasteiger partial charge is 0.0651 e. The summed E-state index contributed by atoms with van der Waals surface area (Å²) in [5, 5.41) is 2.96. The van der Waals surface area contributed by atoms with Gasteiger partial charge in [0, 0.05) is 0 Å². The Morgan fingerprint density at radius 1 is 0.321 bits per heavy atom. The molecule has 2 aromatic rings. The van der Waals surface area contributed by atoms with Crippen LogP contribution >= 0.6 is 0 Å². The second-order valence-corrected chi connectivity index (χ2v) is 34.0. The zero-order chi connectivity index (χ0) is 55.6. The summed E-state index contributed by atoms with van der Waals surface area (Å²) in [6, 6.07) is 9.70. The fourth-order valence-electron chi connectivity index (χ4n) is 26.8. The van der Waals surface area contributed by atoms with Crippen LogP contribution in [0.25, 0.3) is 10.8 Å². The van der Waals surface area contributed by atoms with Gasteiger partial charge in [-0.25, -0.2) is 0 Å². The van der Waals surface area contributed by atoms with Crippen LogP contribution in [0.3, 0.4) is 0 Å². The molecule has 0 spiro atoms. The Bertz CT molecular complexity index is 2370. The smallest absolute Gasteiger partial charge is 0.0149 e. The molecule has 452 valence electrons. The molecule has 14 aliphatic carbocycles. The zero-order valence-electron chi connectivity index (χ0n) is 54.6. The highest BCUT2D eigenvalue weighted by Gasteiger charge is 2.56. The molecule has 81 heavy (non-hydrogen) atoms. The van der Waals surface area contributed by atoms with Gasteiger partial charge >= 0.3 is 0 Å². The van der Waals surface area contributed by atoms with Crippen molar-refractivity contribution in [2.24, 2.45) is 160 Å². The molecule has 0 N–H and O–H groups in total. The Morgan fingerprint density at radius 2 is 0.778 bits per heavy atom. The second kappa shape index (κ2) is 25.4. The molecule has 16 rings (SSSR count).